The zero-order valence-electron chi connectivity index (χ0n) is 23.4. The van der Waals surface area contributed by atoms with Gasteiger partial charge >= 0.3 is 0 Å². The van der Waals surface area contributed by atoms with Gasteiger partial charge in [0.2, 0.25) is 0 Å². The summed E-state index contributed by atoms with van der Waals surface area (Å²) in [5, 5.41) is 9.79. The Hall–Kier alpha value is -5.84. The first-order valence-corrected chi connectivity index (χ1v) is 14.7. The highest BCUT2D eigenvalue weighted by atomic mass is 15.0. The lowest BCUT2D eigenvalue weighted by atomic mass is 9.91. The molecule has 0 N–H and O–H groups in total. The molecule has 198 valence electrons. The van der Waals surface area contributed by atoms with Gasteiger partial charge in [0.25, 0.3) is 0 Å². The largest absolute Gasteiger partial charge is 0.302 e. The predicted molar refractivity (Wildman–Crippen MR) is 182 cm³/mol. The van der Waals surface area contributed by atoms with Crippen LogP contribution < -0.4 is 0 Å². The van der Waals surface area contributed by atoms with Crippen LogP contribution in [0.15, 0.2) is 152 Å². The van der Waals surface area contributed by atoms with E-state index < -0.39 is 0 Å². The average Bonchev–Trinajstić information content (AvgIpc) is 3.42. The maximum absolute atomic E-state index is 3.45. The molecule has 0 radical (unpaired) electrons. The molecular formula is C42H25N. The topological polar surface area (TPSA) is 4.93 Å². The third kappa shape index (κ3) is 3.67. The molecular weight excluding hydrogens is 518 g/mol. The summed E-state index contributed by atoms with van der Waals surface area (Å²) in [4.78, 5) is 0. The minimum Gasteiger partial charge on any atom is -0.302 e. The minimum absolute atomic E-state index is 1.01. The molecule has 0 aliphatic rings. The van der Waals surface area contributed by atoms with Gasteiger partial charge in [-0.25, -0.2) is 0 Å². The zero-order valence-corrected chi connectivity index (χ0v) is 23.4. The molecule has 0 fully saturated rings. The maximum Gasteiger partial charge on any atom is 0.0980 e. The third-order valence-electron chi connectivity index (χ3n) is 8.79. The van der Waals surface area contributed by atoms with Crippen LogP contribution >= 0.6 is 0 Å². The smallest absolute Gasteiger partial charge is 0.0980 e. The van der Waals surface area contributed by atoms with Gasteiger partial charge in [-0.15, -0.1) is 0 Å². The Labute approximate surface area is 249 Å². The standard InChI is InChI=1S/C42H25N/c1-2-11-29(12-3-1)34-23-24-35(38-15-7-6-14-37(34)38)31-19-22-36-32(26-31)20-25-41-42(36)39-16-8-9-17-40(39)43(41)33-21-18-28-10-4-5-13-30(28)27-33/h1-17,19-20,22-27H. The van der Waals surface area contributed by atoms with Crippen LogP contribution in [-0.4, -0.2) is 4.57 Å². The highest BCUT2D eigenvalue weighted by Gasteiger charge is 2.16. The van der Waals surface area contributed by atoms with E-state index in [0.717, 1.165) is 16.5 Å². The summed E-state index contributed by atoms with van der Waals surface area (Å²) in [5.74, 6) is 0. The molecule has 0 aliphatic heterocycles. The molecule has 0 atom stereocenters. The number of hydrogen-bond acceptors (Lipinski definition) is 0. The molecule has 0 saturated carbocycles. The van der Waals surface area contributed by atoms with Crippen molar-refractivity contribution >= 4 is 54.1 Å². The Morgan fingerprint density at radius 3 is 1.93 bits per heavy atom. The molecule has 0 saturated heterocycles. The van der Waals surface area contributed by atoms with Crippen LogP contribution in [0.2, 0.25) is 0 Å². The van der Waals surface area contributed by atoms with Gasteiger partial charge in [0.1, 0.15) is 0 Å². The molecule has 0 aliphatic carbocycles. The Balaban J connectivity index is 1.26. The zero-order chi connectivity index (χ0) is 28.3. The fourth-order valence-corrected chi connectivity index (χ4v) is 6.82. The molecule has 9 rings (SSSR count). The summed E-state index contributed by atoms with van der Waals surface area (Å²) < 4.78 is 2.33. The second kappa shape index (κ2) is 9.35. The number of rotatable bonds is 3. The molecule has 8 aromatic carbocycles. The van der Waals surface area contributed by atoms with E-state index in [9.17, 15) is 0 Å². The number of benzene rings is 7. The molecule has 0 bridgehead atoms. The van der Waals surface area contributed by atoms with E-state index in [1.54, 1.807) is 0 Å². The number of hydrogen-bond donors (Lipinski definition) is 0. The van der Waals surface area contributed by atoms with E-state index in [-0.39, 0.29) is 0 Å². The summed E-state index contributed by atoms with van der Waals surface area (Å²) in [5.41, 5.74) is 8.34. The van der Waals surface area contributed by atoms with E-state index in [4.69, 9.17) is 0 Å². The van der Waals surface area contributed by atoms with Crippen LogP contribution in [0.5, 0.6) is 0 Å². The van der Waals surface area contributed by atoms with Gasteiger partial charge < -0.3 is 4.57 Å². The number of fused-ring (bicyclic) bond motifs is 7. The van der Waals surface area contributed by atoms with Crippen molar-refractivity contribution in [3.8, 4) is 27.9 Å². The van der Waals surface area contributed by atoms with Gasteiger partial charge in [-0.3, -0.25) is 0 Å². The van der Waals surface area contributed by atoms with Crippen molar-refractivity contribution in [3.05, 3.63) is 164 Å². The van der Waals surface area contributed by atoms with E-state index in [2.05, 4.69) is 162 Å². The van der Waals surface area contributed by atoms with E-state index >= 15 is 0 Å². The molecule has 1 aromatic heterocycles. The van der Waals surface area contributed by atoms with Crippen molar-refractivity contribution in [3.63, 3.8) is 0 Å². The quantitative estimate of drug-likeness (QED) is 0.209. The minimum atomic E-state index is 1.01. The summed E-state index contributed by atoms with van der Waals surface area (Å²) in [6.07, 6.45) is 0. The lowest BCUT2D eigenvalue weighted by Gasteiger charge is -2.13. The van der Waals surface area contributed by atoms with Crippen LogP contribution in [0.25, 0.3) is 82.1 Å². The number of nitrogens with zero attached hydrogens (tertiary/aromatic N) is 1. The van der Waals surface area contributed by atoms with Crippen molar-refractivity contribution in [2.24, 2.45) is 0 Å². The van der Waals surface area contributed by atoms with Gasteiger partial charge in [-0.2, -0.15) is 0 Å². The Bertz CT molecular complexity index is 2500. The molecule has 1 nitrogen and oxygen atoms in total. The van der Waals surface area contributed by atoms with Crippen molar-refractivity contribution in [2.45, 2.75) is 0 Å². The monoisotopic (exact) mass is 543 g/mol. The molecule has 0 spiro atoms. The fourth-order valence-electron chi connectivity index (χ4n) is 6.82. The molecule has 1 heterocycles. The summed E-state index contributed by atoms with van der Waals surface area (Å²) in [6, 6.07) is 61.5. The molecule has 43 heavy (non-hydrogen) atoms. The summed E-state index contributed by atoms with van der Waals surface area (Å²) >= 11 is 0. The molecule has 1 heteroatoms. The maximum atomic E-state index is 3.45. The van der Waals surface area contributed by atoms with Gasteiger partial charge in [-0.05, 0) is 85.6 Å². The molecule has 0 amide bonds. The van der Waals surface area contributed by atoms with Crippen LogP contribution in [0, 0.1) is 12.1 Å². The van der Waals surface area contributed by atoms with E-state index in [1.807, 2.05) is 6.07 Å². The van der Waals surface area contributed by atoms with Crippen LogP contribution in [0.1, 0.15) is 0 Å². The number of para-hydroxylation sites is 1. The summed E-state index contributed by atoms with van der Waals surface area (Å²) in [7, 11) is 0. The Kier molecular flexibility index (Phi) is 5.18. The fraction of sp³-hybridized carbons (Fsp3) is 0. The van der Waals surface area contributed by atoms with Crippen molar-refractivity contribution < 1.29 is 0 Å². The molecule has 9 aromatic rings. The lowest BCUT2D eigenvalue weighted by Crippen LogP contribution is -1.93. The Morgan fingerprint density at radius 2 is 1.09 bits per heavy atom. The normalized spacial score (nSPS) is 11.5. The van der Waals surface area contributed by atoms with Crippen molar-refractivity contribution in [2.75, 3.05) is 0 Å². The average molecular weight is 544 g/mol. The van der Waals surface area contributed by atoms with Gasteiger partial charge in [0.15, 0.2) is 0 Å². The highest BCUT2D eigenvalue weighted by Crippen LogP contribution is 2.40. The van der Waals surface area contributed by atoms with Gasteiger partial charge in [0.05, 0.1) is 16.7 Å². The van der Waals surface area contributed by atoms with Gasteiger partial charge in [-0.1, -0.05) is 127 Å². The molecule has 0 unspecified atom stereocenters. The van der Waals surface area contributed by atoms with E-state index in [0.29, 0.717) is 0 Å². The van der Waals surface area contributed by atoms with Gasteiger partial charge in [0, 0.05) is 16.2 Å². The van der Waals surface area contributed by atoms with Crippen molar-refractivity contribution in [1.29, 1.82) is 0 Å². The van der Waals surface area contributed by atoms with Crippen molar-refractivity contribution in [1.82, 2.24) is 4.57 Å². The van der Waals surface area contributed by atoms with Crippen LogP contribution in [0.3, 0.4) is 0 Å². The highest BCUT2D eigenvalue weighted by molar-refractivity contribution is 6.22. The Morgan fingerprint density at radius 1 is 0.395 bits per heavy atom. The third-order valence-corrected chi connectivity index (χ3v) is 8.79. The second-order valence-electron chi connectivity index (χ2n) is 11.2. The predicted octanol–water partition coefficient (Wildman–Crippen LogP) is 11.2. The SMILES string of the molecule is c1c(-n2c3ccccc3c3c4ccc(-c5ccc(-c6ccccc6)c6ccccc56)cc4ccc32)cc2ccccc2c#1. The van der Waals surface area contributed by atoms with E-state index in [1.165, 1.54) is 65.6 Å². The first-order chi connectivity index (χ1) is 21.3. The first kappa shape index (κ1) is 23.8. The van der Waals surface area contributed by atoms with Crippen LogP contribution in [-0.2, 0) is 0 Å². The lowest BCUT2D eigenvalue weighted by molar-refractivity contribution is 1.19. The summed E-state index contributed by atoms with van der Waals surface area (Å²) in [6.45, 7) is 0. The number of aromatic nitrogens is 1. The first-order valence-electron chi connectivity index (χ1n) is 14.7. The second-order valence-corrected chi connectivity index (χ2v) is 11.2. The van der Waals surface area contributed by atoms with Crippen LogP contribution in [0.4, 0.5) is 0 Å².